The fraction of sp³-hybridized carbons (Fsp3) is 0.636. The first kappa shape index (κ1) is 9.74. The van der Waals surface area contributed by atoms with Crippen LogP contribution in [0.5, 0.6) is 0 Å². The molecule has 1 N–H and O–H groups in total. The van der Waals surface area contributed by atoms with E-state index >= 15 is 0 Å². The Labute approximate surface area is 85.1 Å². The summed E-state index contributed by atoms with van der Waals surface area (Å²) in [5.41, 5.74) is 0. The first-order chi connectivity index (χ1) is 6.79. The van der Waals surface area contributed by atoms with Gasteiger partial charge in [-0.05, 0) is 19.2 Å². The molecular weight excluding hydrogens is 176 g/mol. The molecule has 0 aliphatic carbocycles. The third-order valence-corrected chi connectivity index (χ3v) is 2.85. The van der Waals surface area contributed by atoms with Crippen molar-refractivity contribution < 1.29 is 4.42 Å². The van der Waals surface area contributed by atoms with Crippen LogP contribution in [0, 0.1) is 0 Å². The first-order valence-electron chi connectivity index (χ1n) is 5.28. The van der Waals surface area contributed by atoms with E-state index in [-0.39, 0.29) is 0 Å². The van der Waals surface area contributed by atoms with Crippen LogP contribution in [0.1, 0.15) is 18.4 Å². The van der Waals surface area contributed by atoms with Gasteiger partial charge < -0.3 is 9.73 Å². The van der Waals surface area contributed by atoms with Crippen LogP contribution < -0.4 is 5.32 Å². The Morgan fingerprint density at radius 3 is 2.64 bits per heavy atom. The van der Waals surface area contributed by atoms with Crippen LogP contribution in [0.2, 0.25) is 0 Å². The Hall–Kier alpha value is -0.800. The quantitative estimate of drug-likeness (QED) is 0.782. The van der Waals surface area contributed by atoms with Crippen molar-refractivity contribution in [2.45, 2.75) is 25.9 Å². The van der Waals surface area contributed by atoms with Crippen molar-refractivity contribution in [3.8, 4) is 0 Å². The number of likely N-dealkylation sites (N-methyl/N-ethyl adjacent to an activating group) is 1. The summed E-state index contributed by atoms with van der Waals surface area (Å²) in [5.74, 6) is 2.16. The summed E-state index contributed by atoms with van der Waals surface area (Å²) in [4.78, 5) is 2.34. The first-order valence-corrected chi connectivity index (χ1v) is 5.28. The van der Waals surface area contributed by atoms with Gasteiger partial charge in [-0.25, -0.2) is 0 Å². The summed E-state index contributed by atoms with van der Waals surface area (Å²) < 4.78 is 5.66. The highest BCUT2D eigenvalue weighted by Gasteiger charge is 2.21. The van der Waals surface area contributed by atoms with Gasteiger partial charge in [0.2, 0.25) is 0 Å². The van der Waals surface area contributed by atoms with E-state index in [1.165, 1.54) is 0 Å². The summed E-state index contributed by atoms with van der Waals surface area (Å²) in [5, 5.41) is 3.27. The summed E-state index contributed by atoms with van der Waals surface area (Å²) in [6, 6.07) is 4.84. The predicted molar refractivity (Wildman–Crippen MR) is 56.2 cm³/mol. The number of furan rings is 1. The molecule has 1 aromatic rings. The Balaban J connectivity index is 1.89. The van der Waals surface area contributed by atoms with E-state index in [0.29, 0.717) is 6.04 Å². The zero-order chi connectivity index (χ0) is 9.97. The molecule has 3 nitrogen and oxygen atoms in total. The van der Waals surface area contributed by atoms with Crippen LogP contribution in [0.15, 0.2) is 16.5 Å². The minimum absolute atomic E-state index is 0.685. The minimum atomic E-state index is 0.685. The molecule has 1 fully saturated rings. The van der Waals surface area contributed by atoms with Crippen LogP contribution >= 0.6 is 0 Å². The van der Waals surface area contributed by atoms with Gasteiger partial charge >= 0.3 is 0 Å². The van der Waals surface area contributed by atoms with Gasteiger partial charge in [-0.3, -0.25) is 4.90 Å². The second-order valence-electron chi connectivity index (χ2n) is 3.95. The van der Waals surface area contributed by atoms with E-state index in [2.05, 4.69) is 36.3 Å². The second kappa shape index (κ2) is 4.15. The van der Waals surface area contributed by atoms with Crippen LogP contribution in [0.25, 0.3) is 0 Å². The van der Waals surface area contributed by atoms with Gasteiger partial charge in [-0.1, -0.05) is 6.92 Å². The lowest BCUT2D eigenvalue weighted by Crippen LogP contribution is -2.55. The molecule has 14 heavy (non-hydrogen) atoms. The van der Waals surface area contributed by atoms with Gasteiger partial charge in [0.05, 0.1) is 6.54 Å². The highest BCUT2D eigenvalue weighted by atomic mass is 16.3. The molecule has 1 aromatic heterocycles. The highest BCUT2D eigenvalue weighted by Crippen LogP contribution is 2.12. The standard InChI is InChI=1S/C11H18N2O/c1-3-10-4-5-11(14-10)8-13(2)9-6-12-7-9/h4-5,9,12H,3,6-8H2,1-2H3. The molecule has 0 atom stereocenters. The highest BCUT2D eigenvalue weighted by molar-refractivity contribution is 5.07. The average molecular weight is 194 g/mol. The van der Waals surface area contributed by atoms with Gasteiger partial charge in [0.15, 0.2) is 0 Å². The molecule has 0 unspecified atom stereocenters. The fourth-order valence-corrected chi connectivity index (χ4v) is 1.66. The molecule has 78 valence electrons. The molecule has 0 radical (unpaired) electrons. The zero-order valence-electron chi connectivity index (χ0n) is 8.92. The fourth-order valence-electron chi connectivity index (χ4n) is 1.66. The summed E-state index contributed by atoms with van der Waals surface area (Å²) in [6.07, 6.45) is 0.981. The predicted octanol–water partition coefficient (Wildman–Crippen LogP) is 1.25. The third-order valence-electron chi connectivity index (χ3n) is 2.85. The van der Waals surface area contributed by atoms with Crippen molar-refractivity contribution >= 4 is 0 Å². The summed E-state index contributed by atoms with van der Waals surface area (Å²) in [7, 11) is 2.15. The maximum atomic E-state index is 5.66. The monoisotopic (exact) mass is 194 g/mol. The summed E-state index contributed by atoms with van der Waals surface area (Å²) in [6.45, 7) is 5.25. The second-order valence-corrected chi connectivity index (χ2v) is 3.95. The Kier molecular flexibility index (Phi) is 2.89. The van der Waals surface area contributed by atoms with E-state index in [1.807, 2.05) is 0 Å². The van der Waals surface area contributed by atoms with Gasteiger partial charge in [0, 0.05) is 25.6 Å². The number of nitrogens with zero attached hydrogens (tertiary/aromatic N) is 1. The smallest absolute Gasteiger partial charge is 0.118 e. The van der Waals surface area contributed by atoms with Crippen LogP contribution in [0.3, 0.4) is 0 Å². The zero-order valence-corrected chi connectivity index (χ0v) is 8.92. The Morgan fingerprint density at radius 1 is 1.43 bits per heavy atom. The molecular formula is C11H18N2O. The van der Waals surface area contributed by atoms with Crippen molar-refractivity contribution in [2.24, 2.45) is 0 Å². The van der Waals surface area contributed by atoms with Gasteiger partial charge in [-0.2, -0.15) is 0 Å². The van der Waals surface area contributed by atoms with Crippen molar-refractivity contribution in [3.05, 3.63) is 23.7 Å². The SMILES string of the molecule is CCc1ccc(CN(C)C2CNC2)o1. The molecule has 1 aliphatic rings. The van der Waals surface area contributed by atoms with Gasteiger partial charge in [-0.15, -0.1) is 0 Å². The summed E-state index contributed by atoms with van der Waals surface area (Å²) >= 11 is 0. The Bertz CT molecular complexity index is 291. The van der Waals surface area contributed by atoms with Crippen LogP contribution in [0.4, 0.5) is 0 Å². The largest absolute Gasteiger partial charge is 0.465 e. The molecule has 2 rings (SSSR count). The number of aryl methyl sites for hydroxylation is 1. The van der Waals surface area contributed by atoms with E-state index in [9.17, 15) is 0 Å². The van der Waals surface area contributed by atoms with Crippen molar-refractivity contribution in [1.82, 2.24) is 10.2 Å². The van der Waals surface area contributed by atoms with E-state index in [4.69, 9.17) is 4.42 Å². The van der Waals surface area contributed by atoms with Crippen LogP contribution in [-0.2, 0) is 13.0 Å². The minimum Gasteiger partial charge on any atom is -0.465 e. The van der Waals surface area contributed by atoms with Crippen LogP contribution in [-0.4, -0.2) is 31.1 Å². The van der Waals surface area contributed by atoms with E-state index in [0.717, 1.165) is 37.6 Å². The maximum Gasteiger partial charge on any atom is 0.118 e. The molecule has 2 heterocycles. The molecule has 0 aromatic carbocycles. The average Bonchev–Trinajstić information content (AvgIpc) is 2.48. The maximum absolute atomic E-state index is 5.66. The lowest BCUT2D eigenvalue weighted by Gasteiger charge is -2.35. The number of hydrogen-bond donors (Lipinski definition) is 1. The van der Waals surface area contributed by atoms with Gasteiger partial charge in [0.1, 0.15) is 11.5 Å². The Morgan fingerprint density at radius 2 is 2.14 bits per heavy atom. The van der Waals surface area contributed by atoms with Crippen molar-refractivity contribution in [3.63, 3.8) is 0 Å². The van der Waals surface area contributed by atoms with E-state index in [1.54, 1.807) is 0 Å². The van der Waals surface area contributed by atoms with Crippen molar-refractivity contribution in [2.75, 3.05) is 20.1 Å². The van der Waals surface area contributed by atoms with E-state index < -0.39 is 0 Å². The lowest BCUT2D eigenvalue weighted by molar-refractivity contribution is 0.161. The third kappa shape index (κ3) is 1.99. The molecule has 1 aliphatic heterocycles. The molecule has 0 bridgehead atoms. The molecule has 1 saturated heterocycles. The van der Waals surface area contributed by atoms with Crippen molar-refractivity contribution in [1.29, 1.82) is 0 Å². The number of nitrogens with one attached hydrogen (secondary N) is 1. The molecule has 0 amide bonds. The number of rotatable bonds is 4. The topological polar surface area (TPSA) is 28.4 Å². The number of hydrogen-bond acceptors (Lipinski definition) is 3. The molecule has 0 spiro atoms. The normalized spacial score (nSPS) is 17.4. The lowest BCUT2D eigenvalue weighted by atomic mass is 10.1. The van der Waals surface area contributed by atoms with Gasteiger partial charge in [0.25, 0.3) is 0 Å². The molecule has 0 saturated carbocycles. The molecule has 3 heteroatoms.